The molecule has 1 aromatic carbocycles. The number of nitrogens with zero attached hydrogens (tertiary/aromatic N) is 3. The Hall–Kier alpha value is -1.10. The molecule has 2 heterocycles. The van der Waals surface area contributed by atoms with Gasteiger partial charge in [0.2, 0.25) is 5.91 Å². The number of likely N-dealkylation sites (tertiary alicyclic amines) is 1. The Kier molecular flexibility index (Phi) is 5.57. The maximum Gasteiger partial charge on any atom is 0.227 e. The second-order valence-corrected chi connectivity index (χ2v) is 7.27. The molecule has 23 heavy (non-hydrogen) atoms. The van der Waals surface area contributed by atoms with Crippen molar-refractivity contribution in [1.82, 2.24) is 14.7 Å². The number of amides is 1. The lowest BCUT2D eigenvalue weighted by molar-refractivity contribution is -0.139. The molecule has 0 spiro atoms. The van der Waals surface area contributed by atoms with Crippen molar-refractivity contribution in [3.63, 3.8) is 0 Å². The van der Waals surface area contributed by atoms with Crippen molar-refractivity contribution >= 4 is 17.5 Å². The van der Waals surface area contributed by atoms with Gasteiger partial charge in [-0.1, -0.05) is 23.7 Å². The van der Waals surface area contributed by atoms with Gasteiger partial charge in [0, 0.05) is 44.3 Å². The monoisotopic (exact) mass is 335 g/mol. The highest BCUT2D eigenvalue weighted by molar-refractivity contribution is 6.30. The van der Waals surface area contributed by atoms with Crippen LogP contribution in [0.2, 0.25) is 5.02 Å². The van der Waals surface area contributed by atoms with Gasteiger partial charge in [0.05, 0.1) is 5.92 Å². The summed E-state index contributed by atoms with van der Waals surface area (Å²) in [6.07, 6.45) is 2.14. The molecule has 3 rings (SSSR count). The lowest BCUT2D eigenvalue weighted by atomic mass is 9.95. The fourth-order valence-electron chi connectivity index (χ4n) is 3.53. The minimum atomic E-state index is 0.166. The molecule has 1 aromatic rings. The molecule has 0 unspecified atom stereocenters. The van der Waals surface area contributed by atoms with Crippen molar-refractivity contribution in [3.8, 4) is 0 Å². The van der Waals surface area contributed by atoms with Crippen LogP contribution in [0.5, 0.6) is 0 Å². The lowest BCUT2D eigenvalue weighted by Crippen LogP contribution is -2.51. The van der Waals surface area contributed by atoms with Gasteiger partial charge in [-0.3, -0.25) is 9.69 Å². The average molecular weight is 336 g/mol. The molecule has 0 N–H and O–H groups in total. The molecule has 0 aliphatic carbocycles. The second-order valence-electron chi connectivity index (χ2n) is 6.83. The van der Waals surface area contributed by atoms with E-state index in [-0.39, 0.29) is 5.92 Å². The molecule has 2 aliphatic rings. The Morgan fingerprint density at radius 3 is 2.52 bits per heavy atom. The van der Waals surface area contributed by atoms with Crippen molar-refractivity contribution in [2.24, 2.45) is 5.92 Å². The van der Waals surface area contributed by atoms with Crippen molar-refractivity contribution in [2.75, 3.05) is 46.3 Å². The van der Waals surface area contributed by atoms with Crippen LogP contribution in [-0.4, -0.2) is 66.9 Å². The van der Waals surface area contributed by atoms with Gasteiger partial charge in [0.15, 0.2) is 0 Å². The summed E-state index contributed by atoms with van der Waals surface area (Å²) in [4.78, 5) is 19.5. The molecule has 1 atom stereocenters. The van der Waals surface area contributed by atoms with E-state index in [1.54, 1.807) is 0 Å². The second kappa shape index (κ2) is 7.65. The first-order valence-corrected chi connectivity index (χ1v) is 8.94. The summed E-state index contributed by atoms with van der Waals surface area (Å²) >= 11 is 5.95. The topological polar surface area (TPSA) is 26.8 Å². The minimum absolute atomic E-state index is 0.166. The Balaban J connectivity index is 1.55. The van der Waals surface area contributed by atoms with E-state index in [4.69, 9.17) is 11.6 Å². The van der Waals surface area contributed by atoms with E-state index in [1.165, 1.54) is 5.56 Å². The zero-order chi connectivity index (χ0) is 16.2. The summed E-state index contributed by atoms with van der Waals surface area (Å²) in [5, 5.41) is 0.774. The fourth-order valence-corrected chi connectivity index (χ4v) is 3.66. The number of carbonyl (C=O) groups is 1. The van der Waals surface area contributed by atoms with Crippen LogP contribution in [0.25, 0.3) is 0 Å². The molecular weight excluding hydrogens is 310 g/mol. The fraction of sp³-hybridized carbons (Fsp3) is 0.611. The summed E-state index contributed by atoms with van der Waals surface area (Å²) in [5.74, 6) is 0.526. The number of benzene rings is 1. The summed E-state index contributed by atoms with van der Waals surface area (Å²) in [5.41, 5.74) is 1.27. The van der Waals surface area contributed by atoms with E-state index in [1.807, 2.05) is 12.1 Å². The average Bonchev–Trinajstić information content (AvgIpc) is 2.57. The highest BCUT2D eigenvalue weighted by Crippen LogP contribution is 2.22. The quantitative estimate of drug-likeness (QED) is 0.848. The molecule has 0 aromatic heterocycles. The molecule has 126 valence electrons. The molecule has 4 nitrogen and oxygen atoms in total. The van der Waals surface area contributed by atoms with Crippen molar-refractivity contribution in [1.29, 1.82) is 0 Å². The molecular formula is C18H26ClN3O. The Morgan fingerprint density at radius 1 is 1.13 bits per heavy atom. The normalized spacial score (nSPS) is 23.9. The highest BCUT2D eigenvalue weighted by atomic mass is 35.5. The zero-order valence-corrected chi connectivity index (χ0v) is 14.6. The number of carbonyl (C=O) groups excluding carboxylic acids is 1. The molecule has 0 radical (unpaired) electrons. The van der Waals surface area contributed by atoms with Crippen LogP contribution in [0, 0.1) is 5.92 Å². The number of hydrogen-bond acceptors (Lipinski definition) is 3. The maximum atomic E-state index is 12.8. The van der Waals surface area contributed by atoms with Gasteiger partial charge >= 0.3 is 0 Å². The Morgan fingerprint density at radius 2 is 1.83 bits per heavy atom. The molecule has 2 aliphatic heterocycles. The number of halogens is 1. The lowest BCUT2D eigenvalue weighted by Gasteiger charge is -2.38. The van der Waals surface area contributed by atoms with Crippen LogP contribution in [0.1, 0.15) is 18.4 Å². The highest BCUT2D eigenvalue weighted by Gasteiger charge is 2.30. The van der Waals surface area contributed by atoms with E-state index in [2.05, 4.69) is 33.9 Å². The first-order valence-electron chi connectivity index (χ1n) is 8.56. The van der Waals surface area contributed by atoms with Crippen molar-refractivity contribution < 1.29 is 4.79 Å². The standard InChI is InChI=1S/C18H26ClN3O/c1-20-9-11-22(12-10-20)18(23)16-3-2-8-21(14-16)13-15-4-6-17(19)7-5-15/h4-7,16H,2-3,8-14H2,1H3/t16-/m0/s1. The van der Waals surface area contributed by atoms with Crippen LogP contribution in [0.4, 0.5) is 0 Å². The number of piperazine rings is 1. The van der Waals surface area contributed by atoms with E-state index in [0.29, 0.717) is 5.91 Å². The SMILES string of the molecule is CN1CCN(C(=O)[C@H]2CCCN(Cc3ccc(Cl)cc3)C2)CC1. The molecule has 0 bridgehead atoms. The van der Waals surface area contributed by atoms with Gasteiger partial charge in [-0.05, 0) is 44.1 Å². The third-order valence-corrected chi connectivity index (χ3v) is 5.24. The van der Waals surface area contributed by atoms with Crippen molar-refractivity contribution in [2.45, 2.75) is 19.4 Å². The van der Waals surface area contributed by atoms with Gasteiger partial charge in [-0.15, -0.1) is 0 Å². The van der Waals surface area contributed by atoms with E-state index < -0.39 is 0 Å². The van der Waals surface area contributed by atoms with Crippen LogP contribution in [0.3, 0.4) is 0 Å². The van der Waals surface area contributed by atoms with Crippen LogP contribution in [0.15, 0.2) is 24.3 Å². The molecule has 1 amide bonds. The van der Waals surface area contributed by atoms with Gasteiger partial charge in [-0.2, -0.15) is 0 Å². The first-order chi connectivity index (χ1) is 11.1. The number of hydrogen-bond donors (Lipinski definition) is 0. The Labute approximate surface area is 144 Å². The summed E-state index contributed by atoms with van der Waals surface area (Å²) in [7, 11) is 2.12. The predicted octanol–water partition coefficient (Wildman–Crippen LogP) is 2.33. The van der Waals surface area contributed by atoms with Gasteiger partial charge < -0.3 is 9.80 Å². The van der Waals surface area contributed by atoms with Gasteiger partial charge in [0.1, 0.15) is 0 Å². The smallest absolute Gasteiger partial charge is 0.227 e. The van der Waals surface area contributed by atoms with E-state index in [0.717, 1.165) is 63.7 Å². The number of likely N-dealkylation sites (N-methyl/N-ethyl adjacent to an activating group) is 1. The third-order valence-electron chi connectivity index (χ3n) is 4.99. The summed E-state index contributed by atoms with van der Waals surface area (Å²) in [6, 6.07) is 8.03. The third kappa shape index (κ3) is 4.46. The van der Waals surface area contributed by atoms with Crippen LogP contribution >= 0.6 is 11.6 Å². The van der Waals surface area contributed by atoms with Crippen molar-refractivity contribution in [3.05, 3.63) is 34.9 Å². The maximum absolute atomic E-state index is 12.8. The Bertz CT molecular complexity index is 526. The zero-order valence-electron chi connectivity index (χ0n) is 13.9. The van der Waals surface area contributed by atoms with Gasteiger partial charge in [0.25, 0.3) is 0 Å². The minimum Gasteiger partial charge on any atom is -0.340 e. The summed E-state index contributed by atoms with van der Waals surface area (Å²) in [6.45, 7) is 6.61. The predicted molar refractivity (Wildman–Crippen MR) is 93.5 cm³/mol. The van der Waals surface area contributed by atoms with E-state index >= 15 is 0 Å². The molecule has 2 saturated heterocycles. The molecule has 5 heteroatoms. The molecule has 2 fully saturated rings. The molecule has 0 saturated carbocycles. The number of rotatable bonds is 3. The van der Waals surface area contributed by atoms with Gasteiger partial charge in [-0.25, -0.2) is 0 Å². The van der Waals surface area contributed by atoms with E-state index in [9.17, 15) is 4.79 Å². The number of piperidine rings is 1. The van der Waals surface area contributed by atoms with Crippen LogP contribution in [-0.2, 0) is 11.3 Å². The largest absolute Gasteiger partial charge is 0.340 e. The summed E-state index contributed by atoms with van der Waals surface area (Å²) < 4.78 is 0. The van der Waals surface area contributed by atoms with Crippen LogP contribution < -0.4 is 0 Å². The first kappa shape index (κ1) is 16.7.